The molecule has 0 aromatic heterocycles. The summed E-state index contributed by atoms with van der Waals surface area (Å²) in [5.41, 5.74) is 17.6. The van der Waals surface area contributed by atoms with Gasteiger partial charge in [-0.05, 0) is 79.1 Å². The lowest BCUT2D eigenvalue weighted by Crippen LogP contribution is -2.39. The standard InChI is InChI=1S/C43H28N2/c1-2-10-28(11-3-1)42-31-13-5-4-12-30(31)25-38(45-42)27-20-18-26(19-21-27)29-22-23-33-32-14-6-7-15-34(32)39-40-35-16-8-9-17-37(35)44-43(41(39)40)36(33)24-29/h1-25,38,40,45H. The number of benzene rings is 6. The Morgan fingerprint density at radius 3 is 2.11 bits per heavy atom. The fourth-order valence-electron chi connectivity index (χ4n) is 7.66. The topological polar surface area (TPSA) is 24.4 Å². The summed E-state index contributed by atoms with van der Waals surface area (Å²) in [6, 6.07) is 52.9. The van der Waals surface area contributed by atoms with Gasteiger partial charge in [0.2, 0.25) is 0 Å². The number of aliphatic imine (C=N–C) groups is 1. The molecule has 2 unspecified atom stereocenters. The number of nitrogens with one attached hydrogen (secondary N) is 1. The Morgan fingerprint density at radius 1 is 0.511 bits per heavy atom. The van der Waals surface area contributed by atoms with E-state index in [0.29, 0.717) is 5.92 Å². The zero-order valence-corrected chi connectivity index (χ0v) is 24.5. The maximum absolute atomic E-state index is 5.28. The molecule has 0 saturated heterocycles. The first kappa shape index (κ1) is 24.7. The second kappa shape index (κ2) is 9.38. The zero-order chi connectivity index (χ0) is 29.5. The van der Waals surface area contributed by atoms with Crippen LogP contribution in [-0.4, -0.2) is 5.71 Å². The lowest BCUT2D eigenvalue weighted by molar-refractivity contribution is 0.792. The number of hydrogen-bond donors (Lipinski definition) is 1. The van der Waals surface area contributed by atoms with Crippen LogP contribution >= 0.6 is 0 Å². The number of hydrogen-bond acceptors (Lipinski definition) is 2. The summed E-state index contributed by atoms with van der Waals surface area (Å²) in [7, 11) is 0. The summed E-state index contributed by atoms with van der Waals surface area (Å²) in [5, 5.41) is 6.34. The molecule has 0 spiro atoms. The molecule has 45 heavy (non-hydrogen) atoms. The van der Waals surface area contributed by atoms with Crippen LogP contribution in [0.4, 0.5) is 5.69 Å². The van der Waals surface area contributed by atoms with Gasteiger partial charge in [-0.2, -0.15) is 0 Å². The van der Waals surface area contributed by atoms with E-state index in [1.165, 1.54) is 77.4 Å². The van der Waals surface area contributed by atoms with Crippen molar-refractivity contribution in [1.82, 2.24) is 5.32 Å². The summed E-state index contributed by atoms with van der Waals surface area (Å²) in [6.07, 6.45) is 2.34. The molecule has 2 heterocycles. The van der Waals surface area contributed by atoms with Crippen LogP contribution in [0.3, 0.4) is 0 Å². The molecule has 0 saturated carbocycles. The predicted molar refractivity (Wildman–Crippen MR) is 185 cm³/mol. The van der Waals surface area contributed by atoms with Gasteiger partial charge in [0, 0.05) is 16.7 Å². The van der Waals surface area contributed by atoms with Crippen molar-refractivity contribution < 1.29 is 0 Å². The van der Waals surface area contributed by atoms with E-state index in [2.05, 4.69) is 157 Å². The van der Waals surface area contributed by atoms with Gasteiger partial charge in [0.1, 0.15) is 0 Å². The van der Waals surface area contributed by atoms with Crippen LogP contribution in [0.5, 0.6) is 0 Å². The molecule has 0 bridgehead atoms. The Hall–Kier alpha value is -5.73. The lowest BCUT2D eigenvalue weighted by Gasteiger charge is -2.24. The molecular weight excluding hydrogens is 544 g/mol. The Kier molecular flexibility index (Phi) is 5.15. The first-order chi connectivity index (χ1) is 22.3. The maximum Gasteiger partial charge on any atom is 0.0760 e. The van der Waals surface area contributed by atoms with E-state index in [4.69, 9.17) is 4.99 Å². The quantitative estimate of drug-likeness (QED) is 0.227. The molecule has 0 fully saturated rings. The number of para-hydroxylation sites is 1. The molecule has 2 aliphatic carbocycles. The van der Waals surface area contributed by atoms with Crippen molar-refractivity contribution in [3.05, 3.63) is 189 Å². The van der Waals surface area contributed by atoms with Gasteiger partial charge in [-0.25, -0.2) is 4.99 Å². The third kappa shape index (κ3) is 3.72. The van der Waals surface area contributed by atoms with Crippen molar-refractivity contribution in [2.75, 3.05) is 0 Å². The Balaban J connectivity index is 1.05. The normalized spacial score (nSPS) is 18.1. The highest BCUT2D eigenvalue weighted by atomic mass is 14.9. The largest absolute Gasteiger partial charge is 0.374 e. The molecule has 6 aromatic rings. The van der Waals surface area contributed by atoms with Crippen LogP contribution in [0.2, 0.25) is 0 Å². The number of rotatable bonds is 3. The van der Waals surface area contributed by atoms with E-state index in [9.17, 15) is 0 Å². The van der Waals surface area contributed by atoms with Crippen LogP contribution in [-0.2, 0) is 0 Å². The molecular formula is C43H28N2. The second-order valence-corrected chi connectivity index (χ2v) is 12.3. The molecule has 1 N–H and O–H groups in total. The highest BCUT2D eigenvalue weighted by Crippen LogP contribution is 2.63. The van der Waals surface area contributed by atoms with E-state index >= 15 is 0 Å². The third-order valence-electron chi connectivity index (χ3n) is 9.84. The van der Waals surface area contributed by atoms with Gasteiger partial charge in [0.15, 0.2) is 0 Å². The molecule has 0 amide bonds. The second-order valence-electron chi connectivity index (χ2n) is 12.3. The van der Waals surface area contributed by atoms with Crippen molar-refractivity contribution in [3.8, 4) is 22.3 Å². The van der Waals surface area contributed by atoms with Gasteiger partial charge in [-0.3, -0.25) is 0 Å². The van der Waals surface area contributed by atoms with Gasteiger partial charge in [-0.15, -0.1) is 0 Å². The average molecular weight is 573 g/mol. The Bertz CT molecular complexity index is 2390. The molecule has 2 heteroatoms. The smallest absolute Gasteiger partial charge is 0.0760 e. The third-order valence-corrected chi connectivity index (χ3v) is 9.84. The fourth-order valence-corrected chi connectivity index (χ4v) is 7.66. The minimum Gasteiger partial charge on any atom is -0.374 e. The van der Waals surface area contributed by atoms with Gasteiger partial charge in [-0.1, -0.05) is 133 Å². The minimum absolute atomic E-state index is 0.0847. The van der Waals surface area contributed by atoms with Crippen molar-refractivity contribution >= 4 is 28.7 Å². The van der Waals surface area contributed by atoms with Gasteiger partial charge in [0.05, 0.1) is 23.1 Å². The Morgan fingerprint density at radius 2 is 1.22 bits per heavy atom. The highest BCUT2D eigenvalue weighted by Gasteiger charge is 2.48. The molecule has 4 aliphatic rings. The summed E-state index contributed by atoms with van der Waals surface area (Å²) in [4.78, 5) is 5.28. The maximum atomic E-state index is 5.28. The average Bonchev–Trinajstić information content (AvgIpc) is 3.88. The number of allylic oxidation sites excluding steroid dienone is 2. The van der Waals surface area contributed by atoms with Crippen LogP contribution in [0.15, 0.2) is 156 Å². The van der Waals surface area contributed by atoms with Crippen LogP contribution in [0.25, 0.3) is 39.6 Å². The molecule has 6 aromatic carbocycles. The predicted octanol–water partition coefficient (Wildman–Crippen LogP) is 8.30. The summed E-state index contributed by atoms with van der Waals surface area (Å²) < 4.78 is 0. The van der Waals surface area contributed by atoms with Crippen molar-refractivity contribution in [2.24, 2.45) is 4.99 Å². The van der Waals surface area contributed by atoms with E-state index in [1.54, 1.807) is 0 Å². The summed E-state index contributed by atoms with van der Waals surface area (Å²) in [6.45, 7) is 0. The minimum atomic E-state index is 0.0847. The summed E-state index contributed by atoms with van der Waals surface area (Å²) >= 11 is 0. The van der Waals surface area contributed by atoms with Crippen molar-refractivity contribution in [3.63, 3.8) is 0 Å². The fraction of sp³-hybridized carbons (Fsp3) is 0.0465. The first-order valence-electron chi connectivity index (χ1n) is 15.7. The molecule has 2 aliphatic heterocycles. The van der Waals surface area contributed by atoms with Gasteiger partial charge in [0.25, 0.3) is 0 Å². The molecule has 2 nitrogen and oxygen atoms in total. The SMILES string of the molecule is C1=c2ccccc2=C(c2ccccc2)NC1c1ccc(-c2ccc3c(c2)C2=Nc4ccccc4C4C2=C4c2ccccc2-3)cc1. The van der Waals surface area contributed by atoms with Gasteiger partial charge >= 0.3 is 0 Å². The summed E-state index contributed by atoms with van der Waals surface area (Å²) in [5.74, 6) is 0.355. The van der Waals surface area contributed by atoms with E-state index in [-0.39, 0.29) is 6.04 Å². The lowest BCUT2D eigenvalue weighted by atomic mass is 9.86. The van der Waals surface area contributed by atoms with Crippen molar-refractivity contribution in [1.29, 1.82) is 0 Å². The molecule has 210 valence electrons. The highest BCUT2D eigenvalue weighted by molar-refractivity contribution is 6.32. The van der Waals surface area contributed by atoms with Gasteiger partial charge < -0.3 is 5.32 Å². The molecule has 10 rings (SSSR count). The first-order valence-corrected chi connectivity index (χ1v) is 15.7. The molecule has 2 atom stereocenters. The Labute approximate surface area is 262 Å². The zero-order valence-electron chi connectivity index (χ0n) is 24.5. The number of fused-ring (bicyclic) bond motifs is 9. The van der Waals surface area contributed by atoms with Crippen LogP contribution in [0, 0.1) is 0 Å². The molecule has 0 radical (unpaired) electrons. The monoisotopic (exact) mass is 572 g/mol. The van der Waals surface area contributed by atoms with Crippen molar-refractivity contribution in [2.45, 2.75) is 12.0 Å². The number of nitrogens with zero attached hydrogens (tertiary/aromatic N) is 1. The van der Waals surface area contributed by atoms with E-state index in [0.717, 1.165) is 11.4 Å². The van der Waals surface area contributed by atoms with Crippen LogP contribution < -0.4 is 15.8 Å². The van der Waals surface area contributed by atoms with E-state index in [1.807, 2.05) is 0 Å². The van der Waals surface area contributed by atoms with E-state index < -0.39 is 0 Å². The van der Waals surface area contributed by atoms with Crippen LogP contribution in [0.1, 0.15) is 39.8 Å².